The molecule has 148 valence electrons. The van der Waals surface area contributed by atoms with Gasteiger partial charge >= 0.3 is 0 Å². The maximum atomic E-state index is 13.1. The van der Waals surface area contributed by atoms with E-state index in [1.807, 2.05) is 56.3 Å². The Hall–Kier alpha value is -3.41. The first-order valence-corrected chi connectivity index (χ1v) is 9.79. The van der Waals surface area contributed by atoms with Crippen molar-refractivity contribution in [2.45, 2.75) is 33.3 Å². The van der Waals surface area contributed by atoms with Crippen LogP contribution in [-0.4, -0.2) is 28.5 Å². The van der Waals surface area contributed by atoms with Gasteiger partial charge in [-0.1, -0.05) is 18.2 Å². The quantitative estimate of drug-likeness (QED) is 0.696. The highest BCUT2D eigenvalue weighted by Crippen LogP contribution is 2.29. The number of benzene rings is 2. The Kier molecular flexibility index (Phi) is 5.16. The van der Waals surface area contributed by atoms with Crippen LogP contribution < -0.4 is 15.0 Å². The van der Waals surface area contributed by atoms with Gasteiger partial charge in [-0.15, -0.1) is 0 Å². The molecule has 6 nitrogen and oxygen atoms in total. The lowest BCUT2D eigenvalue weighted by Gasteiger charge is -2.17. The molecule has 1 aromatic heterocycles. The molecule has 0 aliphatic carbocycles. The van der Waals surface area contributed by atoms with Crippen molar-refractivity contribution >= 4 is 23.1 Å². The van der Waals surface area contributed by atoms with Crippen molar-refractivity contribution in [2.75, 3.05) is 16.8 Å². The average molecular weight is 388 g/mol. The highest BCUT2D eigenvalue weighted by atomic mass is 16.5. The lowest BCUT2D eigenvalue weighted by Crippen LogP contribution is -2.30. The second kappa shape index (κ2) is 7.91. The molecule has 3 aromatic rings. The number of nitrogens with zero attached hydrogens (tertiary/aromatic N) is 3. The highest BCUT2D eigenvalue weighted by Gasteiger charge is 2.26. The number of nitrogens with one attached hydrogen (secondary N) is 1. The molecular formula is C23H24N4O2. The van der Waals surface area contributed by atoms with Crippen LogP contribution in [0.4, 0.5) is 17.2 Å². The molecule has 2 aromatic carbocycles. The minimum absolute atomic E-state index is 0.107. The van der Waals surface area contributed by atoms with Gasteiger partial charge in [-0.3, -0.25) is 4.79 Å². The number of fused-ring (bicyclic) bond motifs is 1. The standard InChI is InChI=1S/C23H24N4O2/c1-15(2)29-19-10-8-18(9-11-19)26-22-14-20(24-16(3)25-22)23(28)27-13-12-17-6-4-5-7-21(17)27/h4-11,14-15H,12-13H2,1-3H3,(H,24,25,26). The summed E-state index contributed by atoms with van der Waals surface area (Å²) in [4.78, 5) is 23.7. The Balaban J connectivity index is 1.54. The summed E-state index contributed by atoms with van der Waals surface area (Å²) in [7, 11) is 0. The number of hydrogen-bond donors (Lipinski definition) is 1. The molecule has 0 spiro atoms. The van der Waals surface area contributed by atoms with E-state index in [1.165, 1.54) is 5.56 Å². The van der Waals surface area contributed by atoms with E-state index in [0.717, 1.165) is 23.5 Å². The molecule has 0 saturated carbocycles. The molecule has 0 bridgehead atoms. The van der Waals surface area contributed by atoms with Crippen LogP contribution >= 0.6 is 0 Å². The van der Waals surface area contributed by atoms with Crippen LogP contribution in [0, 0.1) is 6.92 Å². The first kappa shape index (κ1) is 18.9. The number of aryl methyl sites for hydroxylation is 1. The van der Waals surface area contributed by atoms with Crippen LogP contribution in [0.5, 0.6) is 5.75 Å². The third-order valence-electron chi connectivity index (χ3n) is 4.69. The number of amides is 1. The zero-order valence-electron chi connectivity index (χ0n) is 16.8. The van der Waals surface area contributed by atoms with E-state index in [9.17, 15) is 4.79 Å². The SMILES string of the molecule is Cc1nc(Nc2ccc(OC(C)C)cc2)cc(C(=O)N2CCc3ccccc32)n1. The van der Waals surface area contributed by atoms with Crippen LogP contribution in [0.25, 0.3) is 0 Å². The largest absolute Gasteiger partial charge is 0.491 e. The van der Waals surface area contributed by atoms with E-state index >= 15 is 0 Å². The average Bonchev–Trinajstić information content (AvgIpc) is 3.12. The number of hydrogen-bond acceptors (Lipinski definition) is 5. The van der Waals surface area contributed by atoms with E-state index in [1.54, 1.807) is 17.9 Å². The van der Waals surface area contributed by atoms with E-state index in [0.29, 0.717) is 23.9 Å². The zero-order chi connectivity index (χ0) is 20.4. The lowest BCUT2D eigenvalue weighted by atomic mass is 10.2. The normalized spacial score (nSPS) is 12.8. The molecular weight excluding hydrogens is 364 g/mol. The molecule has 0 unspecified atom stereocenters. The first-order valence-electron chi connectivity index (χ1n) is 9.79. The second-order valence-corrected chi connectivity index (χ2v) is 7.34. The molecule has 2 heterocycles. The summed E-state index contributed by atoms with van der Waals surface area (Å²) in [6.45, 7) is 6.45. The maximum absolute atomic E-state index is 13.1. The molecule has 29 heavy (non-hydrogen) atoms. The van der Waals surface area contributed by atoms with Crippen molar-refractivity contribution in [3.05, 3.63) is 71.7 Å². The third kappa shape index (κ3) is 4.21. The first-order chi connectivity index (χ1) is 14.0. The van der Waals surface area contributed by atoms with Crippen LogP contribution in [0.15, 0.2) is 54.6 Å². The fraction of sp³-hybridized carbons (Fsp3) is 0.261. The molecule has 1 aliphatic heterocycles. The van der Waals surface area contributed by atoms with E-state index in [4.69, 9.17) is 4.74 Å². The second-order valence-electron chi connectivity index (χ2n) is 7.34. The summed E-state index contributed by atoms with van der Waals surface area (Å²) in [5, 5.41) is 3.25. The van der Waals surface area contributed by atoms with Gasteiger partial charge in [-0.2, -0.15) is 0 Å². The molecule has 4 rings (SSSR count). The predicted octanol–water partition coefficient (Wildman–Crippen LogP) is 4.52. The minimum atomic E-state index is -0.107. The fourth-order valence-corrected chi connectivity index (χ4v) is 3.47. The van der Waals surface area contributed by atoms with E-state index in [-0.39, 0.29) is 12.0 Å². The molecule has 0 fully saturated rings. The predicted molar refractivity (Wildman–Crippen MR) is 114 cm³/mol. The van der Waals surface area contributed by atoms with Crippen LogP contribution in [0.3, 0.4) is 0 Å². The molecule has 1 N–H and O–H groups in total. The van der Waals surface area contributed by atoms with Gasteiger partial charge in [0.25, 0.3) is 5.91 Å². The highest BCUT2D eigenvalue weighted by molar-refractivity contribution is 6.06. The van der Waals surface area contributed by atoms with Gasteiger partial charge in [0.1, 0.15) is 23.1 Å². The van der Waals surface area contributed by atoms with E-state index in [2.05, 4.69) is 21.4 Å². The minimum Gasteiger partial charge on any atom is -0.491 e. The summed E-state index contributed by atoms with van der Waals surface area (Å²) >= 11 is 0. The smallest absolute Gasteiger partial charge is 0.277 e. The Morgan fingerprint density at radius 3 is 2.62 bits per heavy atom. The molecule has 0 saturated heterocycles. The number of carbonyl (C=O) groups excluding carboxylic acids is 1. The molecule has 0 radical (unpaired) electrons. The number of rotatable bonds is 5. The van der Waals surface area contributed by atoms with Crippen LogP contribution in [-0.2, 0) is 6.42 Å². The van der Waals surface area contributed by atoms with Gasteiger partial charge in [0, 0.05) is 24.0 Å². The molecule has 1 aliphatic rings. The van der Waals surface area contributed by atoms with E-state index < -0.39 is 0 Å². The third-order valence-corrected chi connectivity index (χ3v) is 4.69. The number of carbonyl (C=O) groups is 1. The summed E-state index contributed by atoms with van der Waals surface area (Å²) in [5.74, 6) is 1.84. The monoisotopic (exact) mass is 388 g/mol. The molecule has 0 atom stereocenters. The van der Waals surface area contributed by atoms with Crippen molar-refractivity contribution in [2.24, 2.45) is 0 Å². The summed E-state index contributed by atoms with van der Waals surface area (Å²) in [6.07, 6.45) is 0.990. The maximum Gasteiger partial charge on any atom is 0.277 e. The van der Waals surface area contributed by atoms with Gasteiger partial charge in [0.05, 0.1) is 6.10 Å². The number of para-hydroxylation sites is 1. The lowest BCUT2D eigenvalue weighted by molar-refractivity contribution is 0.0984. The molecule has 1 amide bonds. The summed E-state index contributed by atoms with van der Waals surface area (Å²) in [6, 6.07) is 17.4. The van der Waals surface area contributed by atoms with Gasteiger partial charge in [-0.05, 0) is 63.1 Å². The van der Waals surface area contributed by atoms with Crippen molar-refractivity contribution in [1.29, 1.82) is 0 Å². The van der Waals surface area contributed by atoms with Crippen LogP contribution in [0.1, 0.15) is 35.7 Å². The van der Waals surface area contributed by atoms with Crippen molar-refractivity contribution in [3.63, 3.8) is 0 Å². The Morgan fingerprint density at radius 2 is 1.86 bits per heavy atom. The van der Waals surface area contributed by atoms with Gasteiger partial charge in [-0.25, -0.2) is 9.97 Å². The van der Waals surface area contributed by atoms with Gasteiger partial charge in [0.15, 0.2) is 0 Å². The zero-order valence-corrected chi connectivity index (χ0v) is 16.8. The van der Waals surface area contributed by atoms with Crippen LogP contribution in [0.2, 0.25) is 0 Å². The Bertz CT molecular complexity index is 1030. The fourth-order valence-electron chi connectivity index (χ4n) is 3.47. The molecule has 6 heteroatoms. The number of anilines is 3. The van der Waals surface area contributed by atoms with Crippen molar-refractivity contribution < 1.29 is 9.53 Å². The Labute approximate surface area is 170 Å². The van der Waals surface area contributed by atoms with Gasteiger partial charge in [0.2, 0.25) is 0 Å². The summed E-state index contributed by atoms with van der Waals surface area (Å²) in [5.41, 5.74) is 3.40. The summed E-state index contributed by atoms with van der Waals surface area (Å²) < 4.78 is 5.67. The van der Waals surface area contributed by atoms with Crippen molar-refractivity contribution in [1.82, 2.24) is 9.97 Å². The van der Waals surface area contributed by atoms with Gasteiger partial charge < -0.3 is 15.0 Å². The topological polar surface area (TPSA) is 67.4 Å². The number of ether oxygens (including phenoxy) is 1. The Morgan fingerprint density at radius 1 is 1.10 bits per heavy atom. The van der Waals surface area contributed by atoms with Crippen molar-refractivity contribution in [3.8, 4) is 5.75 Å². The number of aromatic nitrogens is 2.